The molecule has 4 nitrogen and oxygen atoms in total. The topological polar surface area (TPSA) is 62.5 Å². The molecule has 0 radical (unpaired) electrons. The van der Waals surface area contributed by atoms with E-state index in [1.54, 1.807) is 18.2 Å². The third-order valence-electron chi connectivity index (χ3n) is 3.16. The number of rotatable bonds is 4. The van der Waals surface area contributed by atoms with Gasteiger partial charge in [-0.1, -0.05) is 40.2 Å². The van der Waals surface area contributed by atoms with Crippen molar-refractivity contribution in [2.45, 2.75) is 6.54 Å². The first-order valence-electron chi connectivity index (χ1n) is 6.38. The van der Waals surface area contributed by atoms with E-state index in [4.69, 9.17) is 4.42 Å². The molecule has 106 valence electrons. The molecular formula is C16H12BrNO3. The van der Waals surface area contributed by atoms with E-state index in [0.717, 1.165) is 10.2 Å². The van der Waals surface area contributed by atoms with Gasteiger partial charge in [0, 0.05) is 15.5 Å². The smallest absolute Gasteiger partial charge is 0.339 e. The standard InChI is InChI=1S/C16H12BrNO3/c17-10-4-3-5-11(8-10)18-9-14-15(16(19)20)12-6-1-2-7-13(12)21-14/h1-8,18H,9H2,(H,19,20). The van der Waals surface area contributed by atoms with Crippen molar-refractivity contribution in [3.8, 4) is 0 Å². The second-order valence-electron chi connectivity index (χ2n) is 4.57. The van der Waals surface area contributed by atoms with Gasteiger partial charge < -0.3 is 14.8 Å². The molecule has 0 atom stereocenters. The maximum absolute atomic E-state index is 11.5. The minimum absolute atomic E-state index is 0.216. The summed E-state index contributed by atoms with van der Waals surface area (Å²) in [5, 5.41) is 13.2. The Morgan fingerprint density at radius 2 is 2.00 bits per heavy atom. The van der Waals surface area contributed by atoms with Crippen LogP contribution >= 0.6 is 15.9 Å². The van der Waals surface area contributed by atoms with Gasteiger partial charge in [0.15, 0.2) is 0 Å². The normalized spacial score (nSPS) is 10.7. The zero-order valence-electron chi connectivity index (χ0n) is 11.0. The predicted molar refractivity (Wildman–Crippen MR) is 84.6 cm³/mol. The zero-order chi connectivity index (χ0) is 14.8. The van der Waals surface area contributed by atoms with Crippen LogP contribution in [-0.2, 0) is 6.54 Å². The molecule has 3 aromatic rings. The molecule has 1 aromatic heterocycles. The highest BCUT2D eigenvalue weighted by Gasteiger charge is 2.19. The summed E-state index contributed by atoms with van der Waals surface area (Å²) in [4.78, 5) is 11.5. The molecule has 0 saturated heterocycles. The van der Waals surface area contributed by atoms with E-state index in [-0.39, 0.29) is 5.56 Å². The number of hydrogen-bond acceptors (Lipinski definition) is 3. The summed E-state index contributed by atoms with van der Waals surface area (Å²) in [6.45, 7) is 0.312. The maximum atomic E-state index is 11.5. The van der Waals surface area contributed by atoms with E-state index >= 15 is 0 Å². The predicted octanol–water partition coefficient (Wildman–Crippen LogP) is 4.51. The Balaban J connectivity index is 1.93. The summed E-state index contributed by atoms with van der Waals surface area (Å²) in [5.74, 6) is -0.560. The number of fused-ring (bicyclic) bond motifs is 1. The van der Waals surface area contributed by atoms with Crippen LogP contribution in [0.1, 0.15) is 16.1 Å². The number of nitrogens with one attached hydrogen (secondary N) is 1. The molecule has 2 aromatic carbocycles. The molecule has 2 N–H and O–H groups in total. The highest BCUT2D eigenvalue weighted by Crippen LogP contribution is 2.27. The Morgan fingerprint density at radius 1 is 1.19 bits per heavy atom. The molecule has 0 aliphatic carbocycles. The number of aromatic carboxylic acids is 1. The van der Waals surface area contributed by atoms with Crippen molar-refractivity contribution < 1.29 is 14.3 Å². The van der Waals surface area contributed by atoms with Gasteiger partial charge in [-0.3, -0.25) is 0 Å². The van der Waals surface area contributed by atoms with Gasteiger partial charge in [0.2, 0.25) is 0 Å². The number of carboxylic acids is 1. The lowest BCUT2D eigenvalue weighted by Gasteiger charge is -2.05. The Labute approximate surface area is 129 Å². The number of halogens is 1. The molecule has 0 bridgehead atoms. The van der Waals surface area contributed by atoms with Crippen LogP contribution in [0.5, 0.6) is 0 Å². The SMILES string of the molecule is O=C(O)c1c(CNc2cccc(Br)c2)oc2ccccc12. The van der Waals surface area contributed by atoms with Crippen LogP contribution in [0, 0.1) is 0 Å². The van der Waals surface area contributed by atoms with Crippen molar-refractivity contribution in [3.05, 3.63) is 64.3 Å². The molecule has 0 saturated carbocycles. The summed E-state index contributed by atoms with van der Waals surface area (Å²) in [5.41, 5.74) is 1.69. The molecular weight excluding hydrogens is 334 g/mol. The van der Waals surface area contributed by atoms with Crippen LogP contribution in [0.4, 0.5) is 5.69 Å². The fraction of sp³-hybridized carbons (Fsp3) is 0.0625. The molecule has 5 heteroatoms. The lowest BCUT2D eigenvalue weighted by Crippen LogP contribution is -2.05. The van der Waals surface area contributed by atoms with Crippen LogP contribution < -0.4 is 5.32 Å². The first kappa shape index (κ1) is 13.7. The average Bonchev–Trinajstić information content (AvgIpc) is 2.83. The minimum atomic E-state index is -0.981. The third kappa shape index (κ3) is 2.78. The number of furan rings is 1. The third-order valence-corrected chi connectivity index (χ3v) is 3.65. The number of carbonyl (C=O) groups is 1. The van der Waals surface area contributed by atoms with E-state index < -0.39 is 5.97 Å². The van der Waals surface area contributed by atoms with Crippen LogP contribution in [0.3, 0.4) is 0 Å². The van der Waals surface area contributed by atoms with Gasteiger partial charge in [0.25, 0.3) is 0 Å². The molecule has 0 aliphatic heterocycles. The van der Waals surface area contributed by atoms with Gasteiger partial charge >= 0.3 is 5.97 Å². The Bertz CT molecular complexity index is 810. The largest absolute Gasteiger partial charge is 0.478 e. The first-order chi connectivity index (χ1) is 10.1. The minimum Gasteiger partial charge on any atom is -0.478 e. The van der Waals surface area contributed by atoms with Crippen molar-refractivity contribution in [1.82, 2.24) is 0 Å². The Morgan fingerprint density at radius 3 is 2.76 bits per heavy atom. The maximum Gasteiger partial charge on any atom is 0.339 e. The summed E-state index contributed by atoms with van der Waals surface area (Å²) >= 11 is 3.40. The van der Waals surface area contributed by atoms with Crippen molar-refractivity contribution in [1.29, 1.82) is 0 Å². The first-order valence-corrected chi connectivity index (χ1v) is 7.17. The van der Waals surface area contributed by atoms with Crippen LogP contribution in [0.15, 0.2) is 57.4 Å². The Hall–Kier alpha value is -2.27. The molecule has 0 spiro atoms. The number of anilines is 1. The highest BCUT2D eigenvalue weighted by atomic mass is 79.9. The molecule has 21 heavy (non-hydrogen) atoms. The molecule has 0 aliphatic rings. The van der Waals surface area contributed by atoms with E-state index in [2.05, 4.69) is 21.2 Å². The van der Waals surface area contributed by atoms with Gasteiger partial charge in [0.1, 0.15) is 16.9 Å². The summed E-state index contributed by atoms with van der Waals surface area (Å²) in [7, 11) is 0. The van der Waals surface area contributed by atoms with Gasteiger partial charge in [-0.05, 0) is 24.3 Å². The summed E-state index contributed by atoms with van der Waals surface area (Å²) in [6, 6.07) is 14.8. The van der Waals surface area contributed by atoms with Crippen molar-refractivity contribution in [2.75, 3.05) is 5.32 Å². The number of hydrogen-bond donors (Lipinski definition) is 2. The van der Waals surface area contributed by atoms with Crippen LogP contribution in [0.25, 0.3) is 11.0 Å². The van der Waals surface area contributed by atoms with E-state index in [1.165, 1.54) is 0 Å². The lowest BCUT2D eigenvalue weighted by molar-refractivity contribution is 0.0696. The number of para-hydroxylation sites is 1. The second kappa shape index (κ2) is 5.61. The van der Waals surface area contributed by atoms with E-state index in [9.17, 15) is 9.90 Å². The quantitative estimate of drug-likeness (QED) is 0.730. The fourth-order valence-electron chi connectivity index (χ4n) is 2.24. The monoisotopic (exact) mass is 345 g/mol. The number of benzene rings is 2. The average molecular weight is 346 g/mol. The fourth-order valence-corrected chi connectivity index (χ4v) is 2.64. The molecule has 0 unspecified atom stereocenters. The Kier molecular flexibility index (Phi) is 3.66. The highest BCUT2D eigenvalue weighted by molar-refractivity contribution is 9.10. The van der Waals surface area contributed by atoms with Gasteiger partial charge in [-0.15, -0.1) is 0 Å². The summed E-state index contributed by atoms with van der Waals surface area (Å²) < 4.78 is 6.61. The lowest BCUT2D eigenvalue weighted by atomic mass is 10.1. The molecule has 1 heterocycles. The van der Waals surface area contributed by atoms with Crippen LogP contribution in [-0.4, -0.2) is 11.1 Å². The van der Waals surface area contributed by atoms with Crippen molar-refractivity contribution in [3.63, 3.8) is 0 Å². The van der Waals surface area contributed by atoms with E-state index in [1.807, 2.05) is 30.3 Å². The second-order valence-corrected chi connectivity index (χ2v) is 5.48. The van der Waals surface area contributed by atoms with Gasteiger partial charge in [-0.2, -0.15) is 0 Å². The van der Waals surface area contributed by atoms with Crippen molar-refractivity contribution >= 4 is 38.6 Å². The molecule has 0 fully saturated rings. The zero-order valence-corrected chi connectivity index (χ0v) is 12.6. The van der Waals surface area contributed by atoms with Gasteiger partial charge in [-0.25, -0.2) is 4.79 Å². The molecule has 3 rings (SSSR count). The summed E-state index contributed by atoms with van der Waals surface area (Å²) in [6.07, 6.45) is 0. The van der Waals surface area contributed by atoms with E-state index in [0.29, 0.717) is 23.3 Å². The van der Waals surface area contributed by atoms with Crippen LogP contribution in [0.2, 0.25) is 0 Å². The molecule has 0 amide bonds. The number of carboxylic acid groups (broad SMARTS) is 1. The van der Waals surface area contributed by atoms with Gasteiger partial charge in [0.05, 0.1) is 6.54 Å². The van der Waals surface area contributed by atoms with Crippen molar-refractivity contribution in [2.24, 2.45) is 0 Å².